The second-order valence-corrected chi connectivity index (χ2v) is 13.7. The Labute approximate surface area is 291 Å². The molecule has 1 aromatic heterocycles. The SMILES string of the molecule is CC(=O)O[C@@H](CCC1C(=O)N(c2ccc(F)cc2)[C@@H]1c1ccc(C[C@@]2(C)CN(Cc3ccccc3)c3ncccc32)cc1)c1ccc(F)cc1. The number of anilines is 2. The Bertz CT molecular complexity index is 1970. The molecule has 7 rings (SSSR count). The summed E-state index contributed by atoms with van der Waals surface area (Å²) in [4.78, 5) is 34.6. The molecular weight excluding hydrogens is 632 g/mol. The van der Waals surface area contributed by atoms with Crippen molar-refractivity contribution < 1.29 is 23.1 Å². The Balaban J connectivity index is 1.12. The van der Waals surface area contributed by atoms with Crippen LogP contribution in [-0.2, 0) is 32.7 Å². The fourth-order valence-corrected chi connectivity index (χ4v) is 7.67. The van der Waals surface area contributed by atoms with Crippen LogP contribution in [0.25, 0.3) is 0 Å². The first-order valence-corrected chi connectivity index (χ1v) is 17.0. The molecule has 0 radical (unpaired) electrons. The molecule has 0 saturated carbocycles. The van der Waals surface area contributed by atoms with Crippen LogP contribution in [0, 0.1) is 17.6 Å². The van der Waals surface area contributed by atoms with Crippen LogP contribution in [0.2, 0.25) is 0 Å². The van der Waals surface area contributed by atoms with E-state index in [0.717, 1.165) is 30.9 Å². The van der Waals surface area contributed by atoms with Gasteiger partial charge in [0.1, 0.15) is 23.6 Å². The second kappa shape index (κ2) is 13.9. The van der Waals surface area contributed by atoms with Crippen LogP contribution in [0.3, 0.4) is 0 Å². The van der Waals surface area contributed by atoms with Crippen LogP contribution < -0.4 is 9.80 Å². The molecule has 1 amide bonds. The van der Waals surface area contributed by atoms with Crippen molar-refractivity contribution in [2.75, 3.05) is 16.3 Å². The summed E-state index contributed by atoms with van der Waals surface area (Å²) in [6.07, 6.45) is 2.88. The topological polar surface area (TPSA) is 62.7 Å². The third kappa shape index (κ3) is 6.75. The van der Waals surface area contributed by atoms with Gasteiger partial charge in [-0.15, -0.1) is 0 Å². The summed E-state index contributed by atoms with van der Waals surface area (Å²) in [6.45, 7) is 5.26. The first-order chi connectivity index (χ1) is 24.2. The van der Waals surface area contributed by atoms with Gasteiger partial charge in [0.2, 0.25) is 5.91 Å². The smallest absolute Gasteiger partial charge is 0.303 e. The van der Waals surface area contributed by atoms with Crippen molar-refractivity contribution in [3.8, 4) is 0 Å². The van der Waals surface area contributed by atoms with E-state index in [1.54, 1.807) is 29.2 Å². The van der Waals surface area contributed by atoms with Gasteiger partial charge in [-0.05, 0) is 84.0 Å². The second-order valence-electron chi connectivity index (χ2n) is 13.7. The monoisotopic (exact) mass is 671 g/mol. The zero-order chi connectivity index (χ0) is 34.8. The van der Waals surface area contributed by atoms with Gasteiger partial charge in [-0.3, -0.25) is 9.59 Å². The Morgan fingerprint density at radius 3 is 2.24 bits per heavy atom. The van der Waals surface area contributed by atoms with E-state index < -0.39 is 12.1 Å². The standard InChI is InChI=1S/C42H39F2N3O3/c1-28(48)50-38(31-14-16-33(43)17-15-31)23-22-36-39(47(41(36)49)35-20-18-34(44)19-21-35)32-12-10-29(11-13-32)25-42(2)27-46(26-30-7-4-3-5-8-30)40-37(42)9-6-24-45-40/h3-21,24,36,38-39H,22-23,25-27H2,1-2H3/t36?,38-,39+,42-/m0/s1. The van der Waals surface area contributed by atoms with Gasteiger partial charge in [0.25, 0.3) is 0 Å². The van der Waals surface area contributed by atoms with E-state index >= 15 is 0 Å². The summed E-state index contributed by atoms with van der Waals surface area (Å²) in [5, 5.41) is 0. The Kier molecular flexibility index (Phi) is 9.19. The molecule has 254 valence electrons. The molecule has 0 aliphatic carbocycles. The number of aromatic nitrogens is 1. The van der Waals surface area contributed by atoms with Gasteiger partial charge >= 0.3 is 5.97 Å². The van der Waals surface area contributed by atoms with Crippen molar-refractivity contribution in [2.24, 2.45) is 5.92 Å². The predicted molar refractivity (Wildman–Crippen MR) is 189 cm³/mol. The lowest BCUT2D eigenvalue weighted by molar-refractivity contribution is -0.147. The first-order valence-electron chi connectivity index (χ1n) is 17.0. The van der Waals surface area contributed by atoms with E-state index in [2.05, 4.69) is 66.4 Å². The number of fused-ring (bicyclic) bond motifs is 1. The van der Waals surface area contributed by atoms with Crippen LogP contribution in [0.4, 0.5) is 20.3 Å². The predicted octanol–water partition coefficient (Wildman–Crippen LogP) is 8.67. The molecule has 2 aliphatic rings. The minimum Gasteiger partial charge on any atom is -0.458 e. The molecule has 3 heterocycles. The molecule has 8 heteroatoms. The van der Waals surface area contributed by atoms with Crippen LogP contribution in [0.5, 0.6) is 0 Å². The molecule has 0 N–H and O–H groups in total. The van der Waals surface area contributed by atoms with Crippen LogP contribution in [0.1, 0.15) is 66.7 Å². The zero-order valence-electron chi connectivity index (χ0n) is 28.1. The molecule has 2 aliphatic heterocycles. The van der Waals surface area contributed by atoms with Gasteiger partial charge in [0.15, 0.2) is 0 Å². The molecule has 1 saturated heterocycles. The zero-order valence-corrected chi connectivity index (χ0v) is 28.1. The number of amides is 1. The average molecular weight is 672 g/mol. The van der Waals surface area contributed by atoms with E-state index in [9.17, 15) is 18.4 Å². The van der Waals surface area contributed by atoms with Crippen molar-refractivity contribution in [1.29, 1.82) is 0 Å². The maximum absolute atomic E-state index is 13.9. The summed E-state index contributed by atoms with van der Waals surface area (Å²) >= 11 is 0. The number of halogens is 2. The van der Waals surface area contributed by atoms with Gasteiger partial charge < -0.3 is 14.5 Å². The number of pyridine rings is 1. The minimum atomic E-state index is -0.616. The third-order valence-electron chi connectivity index (χ3n) is 10.0. The van der Waals surface area contributed by atoms with Gasteiger partial charge in [0, 0.05) is 42.9 Å². The maximum Gasteiger partial charge on any atom is 0.303 e. The van der Waals surface area contributed by atoms with Gasteiger partial charge in [0.05, 0.1) is 12.0 Å². The van der Waals surface area contributed by atoms with Gasteiger partial charge in [-0.2, -0.15) is 0 Å². The highest BCUT2D eigenvalue weighted by atomic mass is 19.1. The van der Waals surface area contributed by atoms with Crippen molar-refractivity contribution in [2.45, 2.75) is 57.2 Å². The highest BCUT2D eigenvalue weighted by Gasteiger charge is 2.49. The van der Waals surface area contributed by atoms with E-state index in [-0.39, 0.29) is 34.9 Å². The summed E-state index contributed by atoms with van der Waals surface area (Å²) in [7, 11) is 0. The highest BCUT2D eigenvalue weighted by molar-refractivity contribution is 6.03. The van der Waals surface area contributed by atoms with Crippen LogP contribution in [-0.4, -0.2) is 23.4 Å². The largest absolute Gasteiger partial charge is 0.458 e. The lowest BCUT2D eigenvalue weighted by Crippen LogP contribution is -2.55. The lowest BCUT2D eigenvalue weighted by Gasteiger charge is -2.48. The third-order valence-corrected chi connectivity index (χ3v) is 10.0. The van der Waals surface area contributed by atoms with Gasteiger partial charge in [-0.25, -0.2) is 13.8 Å². The quantitative estimate of drug-likeness (QED) is 0.104. The number of carbonyl (C=O) groups is 2. The average Bonchev–Trinajstić information content (AvgIpc) is 3.39. The summed E-state index contributed by atoms with van der Waals surface area (Å²) in [6, 6.07) is 34.6. The number of benzene rings is 4. The highest BCUT2D eigenvalue weighted by Crippen LogP contribution is 2.47. The summed E-state index contributed by atoms with van der Waals surface area (Å²) in [5.74, 6) is -0.642. The molecule has 6 nitrogen and oxygen atoms in total. The first kappa shape index (κ1) is 33.1. The molecule has 1 fully saturated rings. The molecule has 0 spiro atoms. The fraction of sp³-hybridized carbons (Fsp3) is 0.262. The molecule has 50 heavy (non-hydrogen) atoms. The molecule has 0 bridgehead atoms. The van der Waals surface area contributed by atoms with Crippen molar-refractivity contribution >= 4 is 23.4 Å². The minimum absolute atomic E-state index is 0.0764. The van der Waals surface area contributed by atoms with Crippen molar-refractivity contribution in [1.82, 2.24) is 4.98 Å². The Hall–Kier alpha value is -5.37. The number of ether oxygens (including phenoxy) is 1. The molecule has 4 aromatic carbocycles. The summed E-state index contributed by atoms with van der Waals surface area (Å²) < 4.78 is 33.1. The van der Waals surface area contributed by atoms with E-state index in [0.29, 0.717) is 24.1 Å². The number of hydrogen-bond donors (Lipinski definition) is 0. The molecule has 5 aromatic rings. The number of carbonyl (C=O) groups excluding carboxylic acids is 2. The van der Waals surface area contributed by atoms with Gasteiger partial charge in [-0.1, -0.05) is 79.7 Å². The number of hydrogen-bond acceptors (Lipinski definition) is 5. The Morgan fingerprint density at radius 2 is 1.56 bits per heavy atom. The van der Waals surface area contributed by atoms with E-state index in [4.69, 9.17) is 9.72 Å². The number of rotatable bonds is 11. The van der Waals surface area contributed by atoms with E-state index in [1.807, 2.05) is 18.3 Å². The normalized spacial score (nSPS) is 20.3. The van der Waals surface area contributed by atoms with Crippen molar-refractivity contribution in [3.05, 3.63) is 161 Å². The molecule has 1 unspecified atom stereocenters. The van der Waals surface area contributed by atoms with E-state index in [1.165, 1.54) is 47.9 Å². The fourth-order valence-electron chi connectivity index (χ4n) is 7.67. The molecule has 4 atom stereocenters. The maximum atomic E-state index is 13.9. The lowest BCUT2D eigenvalue weighted by atomic mass is 9.77. The number of β-lactam (4-membered cyclic amide) rings is 1. The number of nitrogens with zero attached hydrogens (tertiary/aromatic N) is 3. The van der Waals surface area contributed by atoms with Crippen LogP contribution >= 0.6 is 0 Å². The number of esters is 1. The van der Waals surface area contributed by atoms with Crippen molar-refractivity contribution in [3.63, 3.8) is 0 Å². The molecular formula is C42H39F2N3O3. The summed E-state index contributed by atoms with van der Waals surface area (Å²) in [5.41, 5.74) is 5.76. The van der Waals surface area contributed by atoms with Crippen LogP contribution in [0.15, 0.2) is 121 Å². The Morgan fingerprint density at radius 1 is 0.880 bits per heavy atom.